The molecule has 0 amide bonds. The maximum absolute atomic E-state index is 6.34. The van der Waals surface area contributed by atoms with Crippen LogP contribution in [0, 0.1) is 0 Å². The van der Waals surface area contributed by atoms with Crippen molar-refractivity contribution in [2.24, 2.45) is 0 Å². The van der Waals surface area contributed by atoms with E-state index in [2.05, 4.69) is 223 Å². The van der Waals surface area contributed by atoms with Crippen LogP contribution in [0.25, 0.3) is 77.9 Å². The number of hydrogen-bond donors (Lipinski definition) is 0. The highest BCUT2D eigenvalue weighted by atomic mass is 16.3. The molecule has 10 rings (SSSR count). The zero-order valence-corrected chi connectivity index (χ0v) is 31.9. The number of nitrogens with zero attached hydrogens (tertiary/aromatic N) is 1. The lowest BCUT2D eigenvalue weighted by Crippen LogP contribution is -2.11. The Morgan fingerprint density at radius 2 is 0.655 bits per heavy atom. The van der Waals surface area contributed by atoms with Gasteiger partial charge in [0.1, 0.15) is 11.3 Å². The van der Waals surface area contributed by atoms with Crippen molar-refractivity contribution in [2.75, 3.05) is 4.90 Å². The van der Waals surface area contributed by atoms with Gasteiger partial charge in [0.05, 0.1) is 5.69 Å². The molecule has 1 heterocycles. The topological polar surface area (TPSA) is 16.4 Å². The Labute approximate surface area is 339 Å². The van der Waals surface area contributed by atoms with Crippen molar-refractivity contribution in [3.8, 4) is 67.0 Å². The second-order valence-electron chi connectivity index (χ2n) is 14.5. The summed E-state index contributed by atoms with van der Waals surface area (Å²) < 4.78 is 6.34. The molecule has 0 fully saturated rings. The summed E-state index contributed by atoms with van der Waals surface area (Å²) in [4.78, 5) is 2.37. The van der Waals surface area contributed by atoms with E-state index in [9.17, 15) is 0 Å². The van der Waals surface area contributed by atoms with E-state index in [1.54, 1.807) is 0 Å². The van der Waals surface area contributed by atoms with Crippen LogP contribution >= 0.6 is 0 Å². The first-order chi connectivity index (χ1) is 28.7. The Kier molecular flexibility index (Phi) is 9.27. The Hall–Kier alpha value is -7.68. The molecule has 0 aliphatic rings. The number of para-hydroxylation sites is 2. The Morgan fingerprint density at radius 3 is 1.21 bits per heavy atom. The first-order valence-corrected chi connectivity index (χ1v) is 19.7. The van der Waals surface area contributed by atoms with Crippen molar-refractivity contribution < 1.29 is 4.42 Å². The summed E-state index contributed by atoms with van der Waals surface area (Å²) in [5, 5.41) is 1.10. The minimum Gasteiger partial charge on any atom is -0.456 e. The van der Waals surface area contributed by atoms with Crippen molar-refractivity contribution in [1.29, 1.82) is 0 Å². The normalized spacial score (nSPS) is 11.1. The number of benzene rings is 9. The molecule has 2 nitrogen and oxygen atoms in total. The maximum Gasteiger partial charge on any atom is 0.136 e. The Bertz CT molecular complexity index is 2910. The Balaban J connectivity index is 1.04. The van der Waals surface area contributed by atoms with Gasteiger partial charge in [0, 0.05) is 27.9 Å². The predicted molar refractivity (Wildman–Crippen MR) is 244 cm³/mol. The number of anilines is 3. The molecular weight excluding hydrogens is 703 g/mol. The van der Waals surface area contributed by atoms with Gasteiger partial charge in [0.15, 0.2) is 0 Å². The molecule has 0 unspecified atom stereocenters. The zero-order valence-electron chi connectivity index (χ0n) is 31.9. The summed E-state index contributed by atoms with van der Waals surface area (Å²) in [6.45, 7) is 0. The molecule has 1 aromatic heterocycles. The summed E-state index contributed by atoms with van der Waals surface area (Å²) in [6.07, 6.45) is 0. The van der Waals surface area contributed by atoms with E-state index in [4.69, 9.17) is 4.42 Å². The van der Waals surface area contributed by atoms with Crippen LogP contribution < -0.4 is 4.90 Å². The fourth-order valence-electron chi connectivity index (χ4n) is 7.96. The van der Waals surface area contributed by atoms with Crippen LogP contribution in [0.4, 0.5) is 17.1 Å². The van der Waals surface area contributed by atoms with Crippen LogP contribution in [0.2, 0.25) is 0 Å². The lowest BCUT2D eigenvalue weighted by atomic mass is 9.96. The third kappa shape index (κ3) is 6.89. The fourth-order valence-corrected chi connectivity index (χ4v) is 7.96. The molecule has 0 saturated carbocycles. The first-order valence-electron chi connectivity index (χ1n) is 19.7. The molecule has 9 aromatic carbocycles. The standard InChI is InChI=1S/C56H39NO/c1-3-13-40(14-4-1)42-23-25-44(26-24-42)45-31-35-49(36-32-45)57(54-21-11-10-19-52(54)47-29-27-43(28-30-47)41-15-5-2-6-16-41)50-37-33-46(34-38-50)51-18-8-9-20-53(51)56-39-48-17-7-12-22-55(48)58-56/h1-39H. The smallest absolute Gasteiger partial charge is 0.136 e. The van der Waals surface area contributed by atoms with E-state index in [1.165, 1.54) is 33.4 Å². The molecule has 2 heteroatoms. The number of rotatable bonds is 9. The Morgan fingerprint density at radius 1 is 0.276 bits per heavy atom. The third-order valence-corrected chi connectivity index (χ3v) is 11.0. The third-order valence-electron chi connectivity index (χ3n) is 11.0. The van der Waals surface area contributed by atoms with Crippen molar-refractivity contribution in [2.45, 2.75) is 0 Å². The molecule has 0 saturated heterocycles. The molecule has 0 atom stereocenters. The van der Waals surface area contributed by atoms with E-state index in [0.29, 0.717) is 0 Å². The van der Waals surface area contributed by atoms with Crippen LogP contribution in [0.5, 0.6) is 0 Å². The van der Waals surface area contributed by atoms with Gasteiger partial charge in [-0.2, -0.15) is 0 Å². The molecule has 58 heavy (non-hydrogen) atoms. The minimum absolute atomic E-state index is 0.865. The van der Waals surface area contributed by atoms with Gasteiger partial charge < -0.3 is 9.32 Å². The highest BCUT2D eigenvalue weighted by Crippen LogP contribution is 2.43. The molecule has 0 aliphatic heterocycles. The SMILES string of the molecule is c1ccc(-c2ccc(-c3ccc(N(c4ccc(-c5ccccc5-c5cc6ccccc6o5)cc4)c4ccccc4-c4ccc(-c5ccccc5)cc4)cc3)cc2)cc1. The van der Waals surface area contributed by atoms with Gasteiger partial charge in [0.25, 0.3) is 0 Å². The monoisotopic (exact) mass is 741 g/mol. The van der Waals surface area contributed by atoms with Crippen LogP contribution in [-0.4, -0.2) is 0 Å². The molecule has 0 N–H and O–H groups in total. The first kappa shape index (κ1) is 34.8. The number of furan rings is 1. The van der Waals surface area contributed by atoms with Gasteiger partial charge in [-0.15, -0.1) is 0 Å². The second kappa shape index (κ2) is 15.5. The highest BCUT2D eigenvalue weighted by molar-refractivity contribution is 5.91. The largest absolute Gasteiger partial charge is 0.456 e. The van der Waals surface area contributed by atoms with E-state index in [0.717, 1.165) is 61.6 Å². The predicted octanol–water partition coefficient (Wildman–Crippen LogP) is 15.9. The van der Waals surface area contributed by atoms with Crippen LogP contribution in [-0.2, 0) is 0 Å². The minimum atomic E-state index is 0.865. The second-order valence-corrected chi connectivity index (χ2v) is 14.5. The van der Waals surface area contributed by atoms with E-state index in [-0.39, 0.29) is 0 Å². The van der Waals surface area contributed by atoms with Crippen LogP contribution in [0.15, 0.2) is 241 Å². The molecular formula is C56H39NO. The number of hydrogen-bond acceptors (Lipinski definition) is 2. The molecule has 0 bridgehead atoms. The molecule has 0 aliphatic carbocycles. The van der Waals surface area contributed by atoms with Crippen LogP contribution in [0.1, 0.15) is 0 Å². The summed E-state index contributed by atoms with van der Waals surface area (Å²) in [5.74, 6) is 0.865. The lowest BCUT2D eigenvalue weighted by Gasteiger charge is -2.28. The summed E-state index contributed by atoms with van der Waals surface area (Å²) in [5.41, 5.74) is 17.0. The van der Waals surface area contributed by atoms with Crippen LogP contribution in [0.3, 0.4) is 0 Å². The van der Waals surface area contributed by atoms with E-state index in [1.807, 2.05) is 18.2 Å². The van der Waals surface area contributed by atoms with Gasteiger partial charge in [-0.05, 0) is 92.5 Å². The quantitative estimate of drug-likeness (QED) is 0.146. The molecule has 0 spiro atoms. The van der Waals surface area contributed by atoms with E-state index >= 15 is 0 Å². The average Bonchev–Trinajstić information content (AvgIpc) is 3.75. The molecule has 10 aromatic rings. The van der Waals surface area contributed by atoms with Crippen molar-refractivity contribution in [1.82, 2.24) is 0 Å². The molecule has 0 radical (unpaired) electrons. The zero-order chi connectivity index (χ0) is 38.7. The lowest BCUT2D eigenvalue weighted by molar-refractivity contribution is 0.632. The van der Waals surface area contributed by atoms with Gasteiger partial charge in [-0.1, -0.05) is 194 Å². The van der Waals surface area contributed by atoms with Gasteiger partial charge in [-0.25, -0.2) is 0 Å². The number of fused-ring (bicyclic) bond motifs is 1. The maximum atomic E-state index is 6.34. The summed E-state index contributed by atoms with van der Waals surface area (Å²) in [7, 11) is 0. The van der Waals surface area contributed by atoms with Gasteiger partial charge in [0.2, 0.25) is 0 Å². The fraction of sp³-hybridized carbons (Fsp3) is 0. The van der Waals surface area contributed by atoms with Gasteiger partial charge in [-0.3, -0.25) is 0 Å². The highest BCUT2D eigenvalue weighted by Gasteiger charge is 2.19. The van der Waals surface area contributed by atoms with Crippen molar-refractivity contribution in [3.63, 3.8) is 0 Å². The average molecular weight is 742 g/mol. The van der Waals surface area contributed by atoms with E-state index < -0.39 is 0 Å². The molecule has 274 valence electrons. The van der Waals surface area contributed by atoms with Gasteiger partial charge >= 0.3 is 0 Å². The van der Waals surface area contributed by atoms with Crippen molar-refractivity contribution >= 4 is 28.0 Å². The van der Waals surface area contributed by atoms with Crippen molar-refractivity contribution in [3.05, 3.63) is 237 Å². The summed E-state index contributed by atoms with van der Waals surface area (Å²) in [6, 6.07) is 84.2. The summed E-state index contributed by atoms with van der Waals surface area (Å²) >= 11 is 0.